The van der Waals surface area contributed by atoms with Crippen LogP contribution in [0.5, 0.6) is 0 Å². The summed E-state index contributed by atoms with van der Waals surface area (Å²) in [6.07, 6.45) is 1.35. The average Bonchev–Trinajstić information content (AvgIpc) is 2.56. The molecule has 0 saturated carbocycles. The van der Waals surface area contributed by atoms with Gasteiger partial charge in [0.05, 0.1) is 0 Å². The Hall–Kier alpha value is -2.38. The van der Waals surface area contributed by atoms with Crippen molar-refractivity contribution in [1.82, 2.24) is 20.2 Å². The Bertz CT molecular complexity index is 707. The van der Waals surface area contributed by atoms with Crippen molar-refractivity contribution in [1.29, 1.82) is 0 Å². The van der Waals surface area contributed by atoms with Gasteiger partial charge in [-0.1, -0.05) is 23.7 Å². The lowest BCUT2D eigenvalue weighted by Crippen LogP contribution is -2.31. The van der Waals surface area contributed by atoms with Gasteiger partial charge in [0.1, 0.15) is 17.2 Å². The van der Waals surface area contributed by atoms with E-state index in [9.17, 15) is 4.79 Å². The van der Waals surface area contributed by atoms with E-state index in [4.69, 9.17) is 17.3 Å². The van der Waals surface area contributed by atoms with Crippen molar-refractivity contribution in [3.05, 3.63) is 46.7 Å². The molecule has 0 bridgehead atoms. The number of nitrogens with zero attached hydrogens (tertiary/aromatic N) is 3. The van der Waals surface area contributed by atoms with Crippen molar-refractivity contribution in [3.8, 4) is 0 Å². The Morgan fingerprint density at radius 1 is 1.33 bits per heavy atom. The summed E-state index contributed by atoms with van der Waals surface area (Å²) in [5.41, 5.74) is 7.19. The van der Waals surface area contributed by atoms with E-state index in [1.165, 1.54) is 6.33 Å². The highest BCUT2D eigenvalue weighted by atomic mass is 35.5. The molecule has 0 aliphatic heterocycles. The van der Waals surface area contributed by atoms with Gasteiger partial charge in [-0.2, -0.15) is 0 Å². The molecule has 0 saturated heterocycles. The standard InChI is InChI=1S/C16H21ClN6O/c1-23(2)7-6-19-16(24)12-5-3-4-11(8-12)9-20-15-13(17)14(18)21-10-22-15/h3-5,8,10H,6-7,9H2,1-2H3,(H,19,24)(H3,18,20,21,22). The zero-order chi connectivity index (χ0) is 17.5. The van der Waals surface area contributed by atoms with Crippen LogP contribution in [0.25, 0.3) is 0 Å². The van der Waals surface area contributed by atoms with Gasteiger partial charge in [0.2, 0.25) is 0 Å². The smallest absolute Gasteiger partial charge is 0.251 e. The lowest BCUT2D eigenvalue weighted by molar-refractivity contribution is 0.0951. The SMILES string of the molecule is CN(C)CCNC(=O)c1cccc(CNc2ncnc(N)c2Cl)c1. The average molecular weight is 349 g/mol. The minimum atomic E-state index is -0.0944. The van der Waals surface area contributed by atoms with E-state index in [0.29, 0.717) is 24.5 Å². The van der Waals surface area contributed by atoms with Crippen LogP contribution in [0.15, 0.2) is 30.6 Å². The van der Waals surface area contributed by atoms with E-state index in [1.807, 2.05) is 37.2 Å². The van der Waals surface area contributed by atoms with Crippen molar-refractivity contribution in [3.63, 3.8) is 0 Å². The Balaban J connectivity index is 1.97. The summed E-state index contributed by atoms with van der Waals surface area (Å²) in [5, 5.41) is 6.27. The fourth-order valence-electron chi connectivity index (χ4n) is 2.01. The van der Waals surface area contributed by atoms with E-state index in [1.54, 1.807) is 6.07 Å². The number of anilines is 2. The molecule has 1 aromatic carbocycles. The molecule has 0 spiro atoms. The summed E-state index contributed by atoms with van der Waals surface area (Å²) < 4.78 is 0. The van der Waals surface area contributed by atoms with Crippen molar-refractivity contribution >= 4 is 29.1 Å². The third-order valence-corrected chi connectivity index (χ3v) is 3.68. The number of likely N-dealkylation sites (N-methyl/N-ethyl adjacent to an activating group) is 1. The Labute approximate surface area is 146 Å². The number of aromatic nitrogens is 2. The summed E-state index contributed by atoms with van der Waals surface area (Å²) in [5.74, 6) is 0.594. The molecule has 2 rings (SSSR count). The van der Waals surface area contributed by atoms with Crippen molar-refractivity contribution in [2.24, 2.45) is 0 Å². The van der Waals surface area contributed by atoms with Gasteiger partial charge in [-0.15, -0.1) is 0 Å². The maximum Gasteiger partial charge on any atom is 0.251 e. The largest absolute Gasteiger partial charge is 0.382 e. The van der Waals surface area contributed by atoms with Crippen LogP contribution in [0.1, 0.15) is 15.9 Å². The maximum atomic E-state index is 12.1. The highest BCUT2D eigenvalue weighted by Gasteiger charge is 2.08. The number of amides is 1. The van der Waals surface area contributed by atoms with Crippen LogP contribution in [-0.4, -0.2) is 48.0 Å². The number of benzene rings is 1. The van der Waals surface area contributed by atoms with Crippen molar-refractivity contribution in [2.45, 2.75) is 6.54 Å². The van der Waals surface area contributed by atoms with Crippen molar-refractivity contribution in [2.75, 3.05) is 38.2 Å². The van der Waals surface area contributed by atoms with E-state index in [-0.39, 0.29) is 16.7 Å². The number of halogens is 1. The van der Waals surface area contributed by atoms with Crippen LogP contribution >= 0.6 is 11.6 Å². The van der Waals surface area contributed by atoms with Crippen LogP contribution in [0.2, 0.25) is 5.02 Å². The zero-order valence-corrected chi connectivity index (χ0v) is 14.5. The molecule has 0 aliphatic carbocycles. The van der Waals surface area contributed by atoms with Gasteiger partial charge in [0, 0.05) is 25.2 Å². The zero-order valence-electron chi connectivity index (χ0n) is 13.7. The number of carbonyl (C=O) groups is 1. The molecule has 2 aromatic rings. The van der Waals surface area contributed by atoms with E-state index >= 15 is 0 Å². The molecule has 1 heterocycles. The number of nitrogen functional groups attached to an aromatic ring is 1. The van der Waals surface area contributed by atoms with Gasteiger partial charge in [0.15, 0.2) is 5.82 Å². The molecule has 7 nitrogen and oxygen atoms in total. The van der Waals surface area contributed by atoms with Gasteiger partial charge >= 0.3 is 0 Å². The summed E-state index contributed by atoms with van der Waals surface area (Å²) >= 11 is 6.04. The number of nitrogens with two attached hydrogens (primary N) is 1. The molecule has 8 heteroatoms. The summed E-state index contributed by atoms with van der Waals surface area (Å²) in [6.45, 7) is 1.86. The van der Waals surface area contributed by atoms with E-state index in [0.717, 1.165) is 12.1 Å². The Kier molecular flexibility index (Phi) is 6.34. The third-order valence-electron chi connectivity index (χ3n) is 3.31. The molecular weight excluding hydrogens is 328 g/mol. The lowest BCUT2D eigenvalue weighted by Gasteiger charge is -2.11. The molecule has 128 valence electrons. The number of rotatable bonds is 7. The topological polar surface area (TPSA) is 96.2 Å². The van der Waals surface area contributed by atoms with Crippen LogP contribution in [0.3, 0.4) is 0 Å². The van der Waals surface area contributed by atoms with Gasteiger partial charge in [-0.05, 0) is 31.8 Å². The van der Waals surface area contributed by atoms with E-state index < -0.39 is 0 Å². The Morgan fingerprint density at radius 3 is 2.88 bits per heavy atom. The fourth-order valence-corrected chi connectivity index (χ4v) is 2.17. The maximum absolute atomic E-state index is 12.1. The minimum absolute atomic E-state index is 0.0944. The monoisotopic (exact) mass is 348 g/mol. The first-order valence-corrected chi connectivity index (χ1v) is 7.87. The van der Waals surface area contributed by atoms with E-state index in [2.05, 4.69) is 20.6 Å². The number of nitrogens with one attached hydrogen (secondary N) is 2. The van der Waals surface area contributed by atoms with Gasteiger partial charge in [-0.3, -0.25) is 4.79 Å². The first-order chi connectivity index (χ1) is 11.5. The molecule has 0 atom stereocenters. The number of hydrogen-bond donors (Lipinski definition) is 3. The lowest BCUT2D eigenvalue weighted by atomic mass is 10.1. The number of hydrogen-bond acceptors (Lipinski definition) is 6. The van der Waals surface area contributed by atoms with Gasteiger partial charge in [-0.25, -0.2) is 9.97 Å². The number of carbonyl (C=O) groups excluding carboxylic acids is 1. The summed E-state index contributed by atoms with van der Waals surface area (Å²) in [4.78, 5) is 22.0. The molecule has 1 aromatic heterocycles. The molecule has 0 unspecified atom stereocenters. The van der Waals surface area contributed by atoms with Gasteiger partial charge in [0.25, 0.3) is 5.91 Å². The molecule has 1 amide bonds. The molecular formula is C16H21ClN6O. The molecule has 0 radical (unpaired) electrons. The van der Waals surface area contributed by atoms with Crippen LogP contribution < -0.4 is 16.4 Å². The summed E-state index contributed by atoms with van der Waals surface area (Å²) in [6, 6.07) is 7.37. The quantitative estimate of drug-likeness (QED) is 0.703. The first kappa shape index (κ1) is 18.0. The van der Waals surface area contributed by atoms with Crippen molar-refractivity contribution < 1.29 is 4.79 Å². The molecule has 0 aliphatic rings. The second kappa shape index (κ2) is 8.47. The predicted molar refractivity (Wildman–Crippen MR) is 96.1 cm³/mol. The van der Waals surface area contributed by atoms with Crippen LogP contribution in [0, 0.1) is 0 Å². The van der Waals surface area contributed by atoms with Gasteiger partial charge < -0.3 is 21.3 Å². The third kappa shape index (κ3) is 5.07. The fraction of sp³-hybridized carbons (Fsp3) is 0.312. The Morgan fingerprint density at radius 2 is 2.12 bits per heavy atom. The van der Waals surface area contributed by atoms with Crippen LogP contribution in [0.4, 0.5) is 11.6 Å². The molecule has 24 heavy (non-hydrogen) atoms. The normalized spacial score (nSPS) is 10.7. The first-order valence-electron chi connectivity index (χ1n) is 7.49. The molecule has 0 fully saturated rings. The minimum Gasteiger partial charge on any atom is -0.382 e. The highest BCUT2D eigenvalue weighted by molar-refractivity contribution is 6.35. The second-order valence-corrected chi connectivity index (χ2v) is 5.91. The predicted octanol–water partition coefficient (Wildman–Crippen LogP) is 1.62. The van der Waals surface area contributed by atoms with Crippen LogP contribution in [-0.2, 0) is 6.54 Å². The second-order valence-electron chi connectivity index (χ2n) is 5.53. The molecule has 4 N–H and O–H groups in total. The summed E-state index contributed by atoms with van der Waals surface area (Å²) in [7, 11) is 3.92. The highest BCUT2D eigenvalue weighted by Crippen LogP contribution is 2.23.